The number of para-hydroxylation sites is 1. The third kappa shape index (κ3) is 4.31. The quantitative estimate of drug-likeness (QED) is 0.503. The zero-order valence-corrected chi connectivity index (χ0v) is 16.3. The highest BCUT2D eigenvalue weighted by molar-refractivity contribution is 6.54. The molecule has 0 fully saturated rings. The average Bonchev–Trinajstić information content (AvgIpc) is 2.92. The van der Waals surface area contributed by atoms with Gasteiger partial charge in [-0.05, 0) is 30.2 Å². The molecule has 0 saturated heterocycles. The van der Waals surface area contributed by atoms with Crippen LogP contribution in [-0.2, 0) is 21.0 Å². The van der Waals surface area contributed by atoms with Crippen LogP contribution in [0.25, 0.3) is 0 Å². The molecule has 1 aliphatic rings. The summed E-state index contributed by atoms with van der Waals surface area (Å²) in [6, 6.07) is 12.4. The summed E-state index contributed by atoms with van der Waals surface area (Å²) in [5.74, 6) is -0.792. The molecule has 2 aromatic carbocycles. The maximum absolute atomic E-state index is 12.9. The van der Waals surface area contributed by atoms with E-state index in [0.717, 1.165) is 18.4 Å². The fraction of sp³-hybridized carbons (Fsp3) is 0.250. The lowest BCUT2D eigenvalue weighted by atomic mass is 10.1. The first-order valence-electron chi connectivity index (χ1n) is 8.64. The van der Waals surface area contributed by atoms with Gasteiger partial charge in [-0.3, -0.25) is 4.79 Å². The number of unbranched alkanes of at least 4 members (excludes halogenated alkanes) is 1. The molecule has 0 radical (unpaired) electrons. The summed E-state index contributed by atoms with van der Waals surface area (Å²) in [6.07, 6.45) is 1.87. The molecule has 1 amide bonds. The molecule has 0 saturated carbocycles. The maximum Gasteiger partial charge on any atom is 0.335 e. The third-order valence-corrected chi connectivity index (χ3v) is 4.80. The van der Waals surface area contributed by atoms with Crippen molar-refractivity contribution in [2.24, 2.45) is 5.16 Å². The Morgan fingerprint density at radius 1 is 1.19 bits per heavy atom. The van der Waals surface area contributed by atoms with Crippen LogP contribution in [0.4, 0.5) is 5.69 Å². The van der Waals surface area contributed by atoms with Crippen molar-refractivity contribution >= 4 is 46.5 Å². The van der Waals surface area contributed by atoms with Crippen molar-refractivity contribution in [3.8, 4) is 0 Å². The minimum absolute atomic E-state index is 0.112. The van der Waals surface area contributed by atoms with Crippen LogP contribution in [0.2, 0.25) is 10.0 Å². The van der Waals surface area contributed by atoms with Gasteiger partial charge in [0, 0.05) is 22.0 Å². The predicted molar refractivity (Wildman–Crippen MR) is 106 cm³/mol. The Bertz CT molecular complexity index is 912. The number of carbonyl (C=O) groups is 2. The molecule has 27 heavy (non-hydrogen) atoms. The van der Waals surface area contributed by atoms with E-state index in [1.165, 1.54) is 0 Å². The second-order valence-corrected chi connectivity index (χ2v) is 6.99. The third-order valence-electron chi connectivity index (χ3n) is 4.21. The number of nitrogens with zero attached hydrogens (tertiary/aromatic N) is 2. The Morgan fingerprint density at radius 2 is 1.96 bits per heavy atom. The van der Waals surface area contributed by atoms with Crippen LogP contribution in [0, 0.1) is 0 Å². The van der Waals surface area contributed by atoms with Crippen LogP contribution in [0.3, 0.4) is 0 Å². The molecule has 1 aliphatic heterocycles. The zero-order valence-electron chi connectivity index (χ0n) is 14.7. The van der Waals surface area contributed by atoms with Crippen LogP contribution in [0.5, 0.6) is 0 Å². The molecular formula is C20H18Cl2N2O3. The van der Waals surface area contributed by atoms with E-state index in [-0.39, 0.29) is 24.6 Å². The number of amides is 1. The molecule has 0 bridgehead atoms. The number of hydrogen-bond donors (Lipinski definition) is 0. The van der Waals surface area contributed by atoms with Crippen molar-refractivity contribution in [2.75, 3.05) is 4.90 Å². The second-order valence-electron chi connectivity index (χ2n) is 6.15. The number of hydrogen-bond acceptors (Lipinski definition) is 4. The van der Waals surface area contributed by atoms with Gasteiger partial charge in [0.25, 0.3) is 5.91 Å². The van der Waals surface area contributed by atoms with Gasteiger partial charge < -0.3 is 9.74 Å². The summed E-state index contributed by atoms with van der Waals surface area (Å²) < 4.78 is 0. The number of oxime groups is 1. The maximum atomic E-state index is 12.9. The van der Waals surface area contributed by atoms with Crippen LogP contribution in [0.1, 0.15) is 37.3 Å². The van der Waals surface area contributed by atoms with Gasteiger partial charge in [-0.15, -0.1) is 0 Å². The van der Waals surface area contributed by atoms with E-state index < -0.39 is 5.97 Å². The smallest absolute Gasteiger partial charge is 0.317 e. The number of anilines is 1. The SMILES string of the molecule is CCCCC(=O)O/N=C1/C(=O)N(Cc2ccc(Cl)cc2Cl)c2ccccc21. The van der Waals surface area contributed by atoms with Crippen LogP contribution < -0.4 is 4.90 Å². The standard InChI is InChI=1S/C20H18Cl2N2O3/c1-2-3-8-18(25)27-23-19-15-6-4-5-7-17(15)24(20(19)26)12-13-9-10-14(21)11-16(13)22/h4-7,9-11H,2-3,8,12H2,1H3/b23-19+. The fourth-order valence-electron chi connectivity index (χ4n) is 2.79. The molecule has 1 heterocycles. The van der Waals surface area contributed by atoms with Gasteiger partial charge in [0.1, 0.15) is 0 Å². The molecule has 0 aliphatic carbocycles. The summed E-state index contributed by atoms with van der Waals surface area (Å²) >= 11 is 12.2. The van der Waals surface area contributed by atoms with Gasteiger partial charge >= 0.3 is 5.97 Å². The van der Waals surface area contributed by atoms with E-state index in [0.29, 0.717) is 21.3 Å². The molecule has 2 aromatic rings. The highest BCUT2D eigenvalue weighted by Gasteiger charge is 2.35. The van der Waals surface area contributed by atoms with Gasteiger partial charge in [-0.2, -0.15) is 0 Å². The second kappa shape index (κ2) is 8.55. The molecule has 140 valence electrons. The molecule has 0 aromatic heterocycles. The number of rotatable bonds is 6. The van der Waals surface area contributed by atoms with E-state index in [1.54, 1.807) is 35.2 Å². The Labute approximate surface area is 167 Å². The largest absolute Gasteiger partial charge is 0.335 e. The molecule has 0 atom stereocenters. The molecule has 0 N–H and O–H groups in total. The normalized spacial score (nSPS) is 14.6. The number of benzene rings is 2. The molecular weight excluding hydrogens is 387 g/mol. The van der Waals surface area contributed by atoms with Gasteiger partial charge in [0.15, 0.2) is 5.71 Å². The summed E-state index contributed by atoms with van der Waals surface area (Å²) in [4.78, 5) is 31.2. The van der Waals surface area contributed by atoms with Crippen molar-refractivity contribution in [1.82, 2.24) is 0 Å². The topological polar surface area (TPSA) is 59.0 Å². The van der Waals surface area contributed by atoms with Crippen molar-refractivity contribution in [1.29, 1.82) is 0 Å². The van der Waals surface area contributed by atoms with E-state index in [2.05, 4.69) is 5.16 Å². The Hall–Kier alpha value is -2.37. The van der Waals surface area contributed by atoms with Gasteiger partial charge in [0.2, 0.25) is 0 Å². The van der Waals surface area contributed by atoms with Crippen molar-refractivity contribution in [2.45, 2.75) is 32.7 Å². The van der Waals surface area contributed by atoms with Gasteiger partial charge in [-0.25, -0.2) is 4.79 Å². The van der Waals surface area contributed by atoms with Crippen molar-refractivity contribution in [3.63, 3.8) is 0 Å². The lowest BCUT2D eigenvalue weighted by Crippen LogP contribution is -2.30. The molecule has 0 unspecified atom stereocenters. The Morgan fingerprint density at radius 3 is 2.70 bits per heavy atom. The first kappa shape index (κ1) is 19.4. The van der Waals surface area contributed by atoms with E-state index in [4.69, 9.17) is 28.0 Å². The van der Waals surface area contributed by atoms with Crippen molar-refractivity contribution < 1.29 is 14.4 Å². The predicted octanol–water partition coefficient (Wildman–Crippen LogP) is 4.98. The summed E-state index contributed by atoms with van der Waals surface area (Å²) in [5, 5.41) is 4.85. The highest BCUT2D eigenvalue weighted by Crippen LogP contribution is 2.32. The lowest BCUT2D eigenvalue weighted by Gasteiger charge is -2.17. The Balaban J connectivity index is 1.87. The first-order chi connectivity index (χ1) is 13.0. The van der Waals surface area contributed by atoms with E-state index in [9.17, 15) is 9.59 Å². The summed E-state index contributed by atoms with van der Waals surface area (Å²) in [5.41, 5.74) is 2.18. The fourth-order valence-corrected chi connectivity index (χ4v) is 3.26. The molecule has 7 heteroatoms. The van der Waals surface area contributed by atoms with Crippen LogP contribution >= 0.6 is 23.2 Å². The summed E-state index contributed by atoms with van der Waals surface area (Å²) in [6.45, 7) is 2.24. The molecule has 0 spiro atoms. The summed E-state index contributed by atoms with van der Waals surface area (Å²) in [7, 11) is 0. The lowest BCUT2D eigenvalue weighted by molar-refractivity contribution is -0.143. The minimum Gasteiger partial charge on any atom is -0.317 e. The monoisotopic (exact) mass is 404 g/mol. The van der Waals surface area contributed by atoms with Crippen LogP contribution in [0.15, 0.2) is 47.6 Å². The number of halogens is 2. The first-order valence-corrected chi connectivity index (χ1v) is 9.40. The average molecular weight is 405 g/mol. The minimum atomic E-state index is -0.450. The molecule has 3 rings (SSSR count). The number of carbonyl (C=O) groups excluding carboxylic acids is 2. The Kier molecular flexibility index (Phi) is 6.14. The van der Waals surface area contributed by atoms with Gasteiger partial charge in [0.05, 0.1) is 12.2 Å². The van der Waals surface area contributed by atoms with E-state index >= 15 is 0 Å². The van der Waals surface area contributed by atoms with E-state index in [1.807, 2.05) is 19.1 Å². The van der Waals surface area contributed by atoms with Gasteiger partial charge in [-0.1, -0.05) is 66.0 Å². The van der Waals surface area contributed by atoms with Crippen molar-refractivity contribution in [3.05, 3.63) is 63.6 Å². The molecule has 5 nitrogen and oxygen atoms in total. The number of fused-ring (bicyclic) bond motifs is 1. The zero-order chi connectivity index (χ0) is 19.4. The highest BCUT2D eigenvalue weighted by atomic mass is 35.5. The van der Waals surface area contributed by atoms with Crippen LogP contribution in [-0.4, -0.2) is 17.6 Å².